The van der Waals surface area contributed by atoms with E-state index in [0.29, 0.717) is 32.6 Å². The van der Waals surface area contributed by atoms with Gasteiger partial charge in [0.2, 0.25) is 5.91 Å². The molecule has 18 heavy (non-hydrogen) atoms. The van der Waals surface area contributed by atoms with Gasteiger partial charge in [0.15, 0.2) is 0 Å². The van der Waals surface area contributed by atoms with Gasteiger partial charge in [-0.25, -0.2) is 0 Å². The van der Waals surface area contributed by atoms with Crippen molar-refractivity contribution in [1.29, 1.82) is 5.26 Å². The maximum Gasteiger partial charge on any atom is 0.240 e. The van der Waals surface area contributed by atoms with E-state index in [1.807, 2.05) is 0 Å². The number of carbonyl (C=O) groups is 1. The summed E-state index contributed by atoms with van der Waals surface area (Å²) in [5, 5.41) is 12.2. The molecule has 1 N–H and O–H groups in total. The number of amides is 1. The van der Waals surface area contributed by atoms with Gasteiger partial charge in [-0.3, -0.25) is 4.79 Å². The maximum absolute atomic E-state index is 12.2. The van der Waals surface area contributed by atoms with Gasteiger partial charge in [0.05, 0.1) is 11.7 Å². The van der Waals surface area contributed by atoms with Crippen molar-refractivity contribution in [3.63, 3.8) is 0 Å². The first-order valence-corrected chi connectivity index (χ1v) is 6.49. The summed E-state index contributed by atoms with van der Waals surface area (Å²) in [6.07, 6.45) is 4.06. The van der Waals surface area contributed by atoms with Crippen molar-refractivity contribution in [3.8, 4) is 6.07 Å². The quantitative estimate of drug-likeness (QED) is 0.810. The molecule has 0 unspecified atom stereocenters. The van der Waals surface area contributed by atoms with Crippen molar-refractivity contribution in [2.24, 2.45) is 5.41 Å². The van der Waals surface area contributed by atoms with Crippen molar-refractivity contribution in [1.82, 2.24) is 5.32 Å². The second-order valence-electron chi connectivity index (χ2n) is 5.23. The van der Waals surface area contributed by atoms with E-state index in [4.69, 9.17) is 9.47 Å². The Hall–Kier alpha value is -1.12. The van der Waals surface area contributed by atoms with Crippen LogP contribution in [0.25, 0.3) is 0 Å². The molecule has 5 heteroatoms. The Morgan fingerprint density at radius 2 is 2.06 bits per heavy atom. The summed E-state index contributed by atoms with van der Waals surface area (Å²) in [6, 6.07) is 2.17. The van der Waals surface area contributed by atoms with Gasteiger partial charge >= 0.3 is 0 Å². The van der Waals surface area contributed by atoms with Crippen LogP contribution in [0.15, 0.2) is 0 Å². The van der Waals surface area contributed by atoms with Gasteiger partial charge < -0.3 is 14.8 Å². The van der Waals surface area contributed by atoms with Crippen LogP contribution in [-0.4, -0.2) is 38.4 Å². The summed E-state index contributed by atoms with van der Waals surface area (Å²) in [6.45, 7) is 1.47. The second kappa shape index (κ2) is 5.25. The molecule has 1 aliphatic heterocycles. The van der Waals surface area contributed by atoms with E-state index in [1.54, 1.807) is 7.11 Å². The topological polar surface area (TPSA) is 71.3 Å². The molecule has 0 aromatic heterocycles. The molecule has 0 bridgehead atoms. The lowest BCUT2D eigenvalue weighted by Crippen LogP contribution is -2.53. The molecular formula is C13H20N2O3. The molecule has 2 fully saturated rings. The third kappa shape index (κ3) is 2.36. The monoisotopic (exact) mass is 252 g/mol. The van der Waals surface area contributed by atoms with Crippen LogP contribution >= 0.6 is 0 Å². The number of carbonyl (C=O) groups excluding carboxylic acids is 1. The van der Waals surface area contributed by atoms with Gasteiger partial charge in [-0.15, -0.1) is 0 Å². The molecule has 1 heterocycles. The van der Waals surface area contributed by atoms with Crippen LogP contribution in [0.3, 0.4) is 0 Å². The van der Waals surface area contributed by atoms with Gasteiger partial charge in [0.1, 0.15) is 5.41 Å². The third-order valence-electron chi connectivity index (χ3n) is 4.26. The molecule has 1 saturated carbocycles. The normalized spacial score (nSPS) is 24.7. The van der Waals surface area contributed by atoms with E-state index in [0.717, 1.165) is 19.3 Å². The molecule has 1 aliphatic carbocycles. The van der Waals surface area contributed by atoms with E-state index >= 15 is 0 Å². The number of hydrogen-bond acceptors (Lipinski definition) is 4. The molecule has 0 aromatic rings. The van der Waals surface area contributed by atoms with Crippen LogP contribution < -0.4 is 5.32 Å². The Morgan fingerprint density at radius 3 is 2.50 bits per heavy atom. The minimum absolute atomic E-state index is 0.170. The van der Waals surface area contributed by atoms with Gasteiger partial charge in [-0.1, -0.05) is 0 Å². The van der Waals surface area contributed by atoms with Crippen LogP contribution in [0.1, 0.15) is 32.1 Å². The summed E-state index contributed by atoms with van der Waals surface area (Å²) >= 11 is 0. The summed E-state index contributed by atoms with van der Waals surface area (Å²) < 4.78 is 10.7. The fraction of sp³-hybridized carbons (Fsp3) is 0.846. The van der Waals surface area contributed by atoms with Gasteiger partial charge in [0.25, 0.3) is 0 Å². The molecule has 0 atom stereocenters. The number of hydrogen-bond donors (Lipinski definition) is 1. The summed E-state index contributed by atoms with van der Waals surface area (Å²) in [5.41, 5.74) is -1.10. The number of ether oxygens (including phenoxy) is 2. The first-order valence-electron chi connectivity index (χ1n) is 6.49. The molecule has 100 valence electrons. The molecular weight excluding hydrogens is 232 g/mol. The van der Waals surface area contributed by atoms with Crippen molar-refractivity contribution in [3.05, 3.63) is 0 Å². The maximum atomic E-state index is 12.2. The minimum Gasteiger partial charge on any atom is -0.381 e. The van der Waals surface area contributed by atoms with Crippen molar-refractivity contribution in [2.45, 2.75) is 37.7 Å². The highest BCUT2D eigenvalue weighted by atomic mass is 16.5. The van der Waals surface area contributed by atoms with Crippen LogP contribution in [0.2, 0.25) is 0 Å². The first kappa shape index (κ1) is 13.3. The van der Waals surface area contributed by atoms with Crippen molar-refractivity contribution in [2.75, 3.05) is 26.9 Å². The molecule has 2 aliphatic rings. The average molecular weight is 252 g/mol. The van der Waals surface area contributed by atoms with Crippen LogP contribution in [0, 0.1) is 16.7 Å². The molecule has 0 aromatic carbocycles. The molecule has 0 radical (unpaired) electrons. The average Bonchev–Trinajstić information content (AvgIpc) is 2.38. The summed E-state index contributed by atoms with van der Waals surface area (Å²) in [4.78, 5) is 12.2. The van der Waals surface area contributed by atoms with E-state index in [1.165, 1.54) is 0 Å². The molecule has 0 spiro atoms. The standard InChI is InChI=1S/C13H20N2O3/c1-17-13(3-2-4-13)10-15-11(16)12(9-14)5-7-18-8-6-12/h2-8,10H2,1H3,(H,15,16). The predicted octanol–water partition coefficient (Wildman–Crippen LogP) is 0.992. The Kier molecular flexibility index (Phi) is 3.88. The zero-order chi connectivity index (χ0) is 13.1. The van der Waals surface area contributed by atoms with E-state index in [-0.39, 0.29) is 11.5 Å². The third-order valence-corrected chi connectivity index (χ3v) is 4.26. The number of nitriles is 1. The highest BCUT2D eigenvalue weighted by Gasteiger charge is 2.43. The SMILES string of the molecule is COC1(CNC(=O)C2(C#N)CCOCC2)CCC1. The van der Waals surface area contributed by atoms with E-state index < -0.39 is 5.41 Å². The molecule has 1 amide bonds. The van der Waals surface area contributed by atoms with Crippen molar-refractivity contribution < 1.29 is 14.3 Å². The van der Waals surface area contributed by atoms with Crippen LogP contribution in [-0.2, 0) is 14.3 Å². The summed E-state index contributed by atoms with van der Waals surface area (Å²) in [5.74, 6) is -0.170. The van der Waals surface area contributed by atoms with Gasteiger partial charge in [-0.05, 0) is 32.1 Å². The molecule has 2 rings (SSSR count). The van der Waals surface area contributed by atoms with Gasteiger partial charge in [-0.2, -0.15) is 5.26 Å². The zero-order valence-corrected chi connectivity index (χ0v) is 10.8. The highest BCUT2D eigenvalue weighted by molar-refractivity contribution is 5.85. The molecule has 1 saturated heterocycles. The number of nitrogens with one attached hydrogen (secondary N) is 1. The van der Waals surface area contributed by atoms with E-state index in [9.17, 15) is 10.1 Å². The zero-order valence-electron chi connectivity index (χ0n) is 10.8. The fourth-order valence-corrected chi connectivity index (χ4v) is 2.54. The Balaban J connectivity index is 1.92. The van der Waals surface area contributed by atoms with Gasteiger partial charge in [0, 0.05) is 26.9 Å². The number of rotatable bonds is 4. The Labute approximate surface area is 107 Å². The summed E-state index contributed by atoms with van der Waals surface area (Å²) in [7, 11) is 1.68. The number of methoxy groups -OCH3 is 1. The minimum atomic E-state index is -0.906. The lowest BCUT2D eigenvalue weighted by molar-refractivity contribution is -0.135. The van der Waals surface area contributed by atoms with Crippen molar-refractivity contribution >= 4 is 5.91 Å². The second-order valence-corrected chi connectivity index (χ2v) is 5.23. The highest BCUT2D eigenvalue weighted by Crippen LogP contribution is 2.35. The largest absolute Gasteiger partial charge is 0.381 e. The fourth-order valence-electron chi connectivity index (χ4n) is 2.54. The Morgan fingerprint density at radius 1 is 1.39 bits per heavy atom. The lowest BCUT2D eigenvalue weighted by Gasteiger charge is -2.41. The predicted molar refractivity (Wildman–Crippen MR) is 64.7 cm³/mol. The molecule has 5 nitrogen and oxygen atoms in total. The van der Waals surface area contributed by atoms with E-state index in [2.05, 4.69) is 11.4 Å². The Bertz CT molecular complexity index is 346. The smallest absolute Gasteiger partial charge is 0.240 e. The number of nitrogens with zero attached hydrogens (tertiary/aromatic N) is 1. The first-order chi connectivity index (χ1) is 8.66. The van der Waals surface area contributed by atoms with Crippen LogP contribution in [0.5, 0.6) is 0 Å². The van der Waals surface area contributed by atoms with Crippen LogP contribution in [0.4, 0.5) is 0 Å². The lowest BCUT2D eigenvalue weighted by atomic mass is 9.78.